The van der Waals surface area contributed by atoms with Gasteiger partial charge in [0.15, 0.2) is 0 Å². The summed E-state index contributed by atoms with van der Waals surface area (Å²) in [6, 6.07) is 11.3. The van der Waals surface area contributed by atoms with Crippen molar-refractivity contribution in [2.24, 2.45) is 5.92 Å². The molecule has 2 atom stereocenters. The van der Waals surface area contributed by atoms with E-state index in [1.807, 2.05) is 24.3 Å². The summed E-state index contributed by atoms with van der Waals surface area (Å²) in [4.78, 5) is 9.36. The summed E-state index contributed by atoms with van der Waals surface area (Å²) >= 11 is 0. The van der Waals surface area contributed by atoms with Gasteiger partial charge in [0.2, 0.25) is 0 Å². The zero-order chi connectivity index (χ0) is 22.6. The van der Waals surface area contributed by atoms with E-state index >= 15 is 0 Å². The fraction of sp³-hybridized carbons (Fsp3) is 0.0833. The van der Waals surface area contributed by atoms with E-state index in [9.17, 15) is 29.8 Å². The van der Waals surface area contributed by atoms with Crippen LogP contribution in [0.5, 0.6) is 0 Å². The Morgan fingerprint density at radius 1 is 0.812 bits per heavy atom. The Hall–Kier alpha value is -4.92. The van der Waals surface area contributed by atoms with Gasteiger partial charge in [-0.3, -0.25) is 0 Å². The molecule has 0 radical (unpaired) electrons. The molecule has 3 aliphatic carbocycles. The molecule has 32 heavy (non-hydrogen) atoms. The molecule has 1 heterocycles. The van der Waals surface area contributed by atoms with E-state index in [0.29, 0.717) is 22.5 Å². The van der Waals surface area contributed by atoms with Crippen molar-refractivity contribution in [3.8, 4) is 35.5 Å². The Bertz CT molecular complexity index is 1510. The molecular formula is C24H8F2N6. The minimum Gasteiger partial charge on any atom is -0.247 e. The molecular weight excluding hydrogens is 410 g/mol. The molecule has 0 bridgehead atoms. The maximum atomic E-state index is 14.0. The predicted octanol–water partition coefficient (Wildman–Crippen LogP) is 4.38. The molecule has 2 aromatic rings. The van der Waals surface area contributed by atoms with Crippen molar-refractivity contribution in [1.29, 1.82) is 21.0 Å². The van der Waals surface area contributed by atoms with E-state index in [1.165, 1.54) is 30.4 Å². The summed E-state index contributed by atoms with van der Waals surface area (Å²) in [6.07, 6.45) is 4.18. The van der Waals surface area contributed by atoms with E-state index in [-0.39, 0.29) is 33.7 Å². The van der Waals surface area contributed by atoms with Gasteiger partial charge in [0.1, 0.15) is 47.1 Å². The maximum Gasteiger partial charge on any atom is 0.139 e. The number of benzene rings is 1. The van der Waals surface area contributed by atoms with Gasteiger partial charge in [0.25, 0.3) is 0 Å². The average molecular weight is 418 g/mol. The second-order valence-corrected chi connectivity index (χ2v) is 7.29. The van der Waals surface area contributed by atoms with E-state index in [4.69, 9.17) is 0 Å². The lowest BCUT2D eigenvalue weighted by molar-refractivity contribution is 0.618. The molecule has 6 nitrogen and oxygen atoms in total. The lowest BCUT2D eigenvalue weighted by Crippen LogP contribution is -2.08. The minimum absolute atomic E-state index is 0.172. The summed E-state index contributed by atoms with van der Waals surface area (Å²) in [6.45, 7) is 0. The fourth-order valence-electron chi connectivity index (χ4n) is 4.45. The molecule has 0 N–H and O–H groups in total. The lowest BCUT2D eigenvalue weighted by Gasteiger charge is -2.17. The lowest BCUT2D eigenvalue weighted by atomic mass is 9.86. The van der Waals surface area contributed by atoms with Crippen LogP contribution in [0, 0.1) is 57.1 Å². The normalized spacial score (nSPS) is 18.8. The Labute approximate surface area is 180 Å². The van der Waals surface area contributed by atoms with Crippen molar-refractivity contribution in [2.75, 3.05) is 0 Å². The molecule has 0 aliphatic heterocycles. The van der Waals surface area contributed by atoms with Crippen molar-refractivity contribution >= 4 is 11.1 Å². The molecule has 0 saturated heterocycles. The third-order valence-electron chi connectivity index (χ3n) is 5.72. The van der Waals surface area contributed by atoms with Crippen LogP contribution in [0.2, 0.25) is 0 Å². The highest BCUT2D eigenvalue weighted by atomic mass is 19.1. The molecule has 0 amide bonds. The number of hydrogen-bond acceptors (Lipinski definition) is 6. The third-order valence-corrected chi connectivity index (χ3v) is 5.72. The Kier molecular flexibility index (Phi) is 4.06. The van der Waals surface area contributed by atoms with Crippen LogP contribution in [0.1, 0.15) is 28.6 Å². The molecule has 0 fully saturated rings. The van der Waals surface area contributed by atoms with Crippen LogP contribution in [0.15, 0.2) is 53.4 Å². The van der Waals surface area contributed by atoms with Crippen LogP contribution in [-0.2, 0) is 0 Å². The maximum absolute atomic E-state index is 14.0. The first-order chi connectivity index (χ1) is 15.5. The van der Waals surface area contributed by atoms with Crippen LogP contribution >= 0.6 is 0 Å². The van der Waals surface area contributed by atoms with Crippen molar-refractivity contribution in [2.45, 2.75) is 5.92 Å². The van der Waals surface area contributed by atoms with Crippen molar-refractivity contribution in [3.05, 3.63) is 81.9 Å². The first-order valence-electron chi connectivity index (χ1n) is 9.39. The number of fused-ring (bicyclic) bond motifs is 6. The summed E-state index contributed by atoms with van der Waals surface area (Å²) in [5, 5.41) is 38.0. The van der Waals surface area contributed by atoms with Gasteiger partial charge in [-0.25, -0.2) is 18.7 Å². The molecule has 1 aromatic carbocycles. The SMILES string of the molecule is N#CC(C#N)=C1c2cc(F)ccc2-c2nc3c(nc21)C1C=CC(F)=CC1C3=C(C#N)C#N. The quantitative estimate of drug-likeness (QED) is 0.500. The Balaban J connectivity index is 1.89. The molecule has 1 aromatic heterocycles. The largest absolute Gasteiger partial charge is 0.247 e. The molecule has 2 unspecified atom stereocenters. The van der Waals surface area contributed by atoms with Gasteiger partial charge in [-0.2, -0.15) is 21.0 Å². The van der Waals surface area contributed by atoms with Gasteiger partial charge in [-0.05, 0) is 35.9 Å². The van der Waals surface area contributed by atoms with Crippen molar-refractivity contribution in [3.63, 3.8) is 0 Å². The van der Waals surface area contributed by atoms with Crippen LogP contribution in [0.4, 0.5) is 8.78 Å². The summed E-state index contributed by atoms with van der Waals surface area (Å²) < 4.78 is 28.1. The zero-order valence-corrected chi connectivity index (χ0v) is 16.1. The minimum atomic E-state index is -0.640. The Morgan fingerprint density at radius 2 is 1.53 bits per heavy atom. The van der Waals surface area contributed by atoms with Crippen LogP contribution in [0.3, 0.4) is 0 Å². The predicted molar refractivity (Wildman–Crippen MR) is 107 cm³/mol. The summed E-state index contributed by atoms with van der Waals surface area (Å²) in [7, 11) is 0. The molecule has 0 spiro atoms. The Morgan fingerprint density at radius 3 is 2.22 bits per heavy atom. The first kappa shape index (κ1) is 19.1. The monoisotopic (exact) mass is 418 g/mol. The second-order valence-electron chi connectivity index (χ2n) is 7.29. The van der Waals surface area contributed by atoms with Gasteiger partial charge in [-0.15, -0.1) is 0 Å². The molecule has 5 rings (SSSR count). The summed E-state index contributed by atoms with van der Waals surface area (Å²) in [5.74, 6) is -2.18. The highest BCUT2D eigenvalue weighted by molar-refractivity contribution is 6.02. The highest BCUT2D eigenvalue weighted by Crippen LogP contribution is 2.52. The smallest absolute Gasteiger partial charge is 0.139 e. The summed E-state index contributed by atoms with van der Waals surface area (Å²) in [5.41, 5.74) is 2.00. The standard InChI is InChI=1S/C24H8F2N6/c25-13-1-3-15-17(5-13)19(11(7-27)8-28)23-21(15)31-24-20(12(9-29)10-30)18-6-14(26)2-4-16(18)22(24)32-23/h1-6,15,17H. The molecule has 148 valence electrons. The number of nitriles is 4. The van der Waals surface area contributed by atoms with E-state index in [2.05, 4.69) is 9.97 Å². The highest BCUT2D eigenvalue weighted by Gasteiger charge is 2.43. The van der Waals surface area contributed by atoms with E-state index < -0.39 is 23.5 Å². The van der Waals surface area contributed by atoms with Crippen LogP contribution in [0.25, 0.3) is 22.4 Å². The number of aromatic nitrogens is 2. The van der Waals surface area contributed by atoms with E-state index in [0.717, 1.165) is 0 Å². The van der Waals surface area contributed by atoms with Gasteiger partial charge >= 0.3 is 0 Å². The average Bonchev–Trinajstić information content (AvgIpc) is 3.26. The molecule has 0 saturated carbocycles. The third kappa shape index (κ3) is 2.45. The van der Waals surface area contributed by atoms with Gasteiger partial charge in [0, 0.05) is 28.5 Å². The molecule has 3 aliphatic rings. The number of hydrogen-bond donors (Lipinski definition) is 0. The topological polar surface area (TPSA) is 121 Å². The van der Waals surface area contributed by atoms with Crippen molar-refractivity contribution < 1.29 is 8.78 Å². The number of halogens is 2. The number of nitrogens with zero attached hydrogens (tertiary/aromatic N) is 6. The second kappa shape index (κ2) is 6.81. The zero-order valence-electron chi connectivity index (χ0n) is 16.1. The van der Waals surface area contributed by atoms with Crippen molar-refractivity contribution in [1.82, 2.24) is 9.97 Å². The van der Waals surface area contributed by atoms with Crippen LogP contribution in [-0.4, -0.2) is 9.97 Å². The van der Waals surface area contributed by atoms with Crippen LogP contribution < -0.4 is 0 Å². The molecule has 8 heteroatoms. The number of allylic oxidation sites excluding steroid dienone is 7. The van der Waals surface area contributed by atoms with Gasteiger partial charge < -0.3 is 0 Å². The fourth-order valence-corrected chi connectivity index (χ4v) is 4.45. The number of rotatable bonds is 0. The van der Waals surface area contributed by atoms with Gasteiger partial charge in [0.05, 0.1) is 22.8 Å². The van der Waals surface area contributed by atoms with E-state index in [1.54, 1.807) is 6.08 Å². The first-order valence-corrected chi connectivity index (χ1v) is 9.39. The van der Waals surface area contributed by atoms with Gasteiger partial charge in [-0.1, -0.05) is 6.08 Å².